The van der Waals surface area contributed by atoms with Crippen LogP contribution in [0.5, 0.6) is 0 Å². The number of hydrogen-bond donors (Lipinski definition) is 2. The number of aryl methyl sites for hydroxylation is 2. The number of benzene rings is 1. The summed E-state index contributed by atoms with van der Waals surface area (Å²) >= 11 is 0. The van der Waals surface area contributed by atoms with Crippen LogP contribution in [0.1, 0.15) is 17.5 Å². The van der Waals surface area contributed by atoms with E-state index in [2.05, 4.69) is 18.3 Å². The minimum atomic E-state index is -0.267. The van der Waals surface area contributed by atoms with Crippen molar-refractivity contribution in [2.45, 2.75) is 25.8 Å². The van der Waals surface area contributed by atoms with Crippen molar-refractivity contribution in [2.75, 3.05) is 5.32 Å². The third-order valence-electron chi connectivity index (χ3n) is 2.64. The molecule has 14 heavy (non-hydrogen) atoms. The highest BCUT2D eigenvalue weighted by atomic mass is 16.1. The molecule has 3 nitrogen and oxygen atoms in total. The van der Waals surface area contributed by atoms with Crippen LogP contribution in [0.3, 0.4) is 0 Å². The molecule has 0 saturated carbocycles. The third-order valence-corrected chi connectivity index (χ3v) is 2.64. The number of amides is 1. The molecule has 3 N–H and O–H groups in total. The minimum Gasteiger partial charge on any atom is -0.373 e. The van der Waals surface area contributed by atoms with Crippen LogP contribution in [0.2, 0.25) is 0 Å². The fourth-order valence-corrected chi connectivity index (χ4v) is 1.84. The van der Waals surface area contributed by atoms with Gasteiger partial charge in [-0.05, 0) is 31.4 Å². The summed E-state index contributed by atoms with van der Waals surface area (Å²) in [6.45, 7) is 2.07. The van der Waals surface area contributed by atoms with Gasteiger partial charge in [0.15, 0.2) is 0 Å². The average Bonchev–Trinajstić information content (AvgIpc) is 2.16. The van der Waals surface area contributed by atoms with Crippen molar-refractivity contribution in [2.24, 2.45) is 5.73 Å². The summed E-state index contributed by atoms with van der Waals surface area (Å²) in [6, 6.07) is 6.00. The van der Waals surface area contributed by atoms with Gasteiger partial charge in [0.05, 0.1) is 0 Å². The number of nitrogens with two attached hydrogens (primary N) is 1. The monoisotopic (exact) mass is 190 g/mol. The lowest BCUT2D eigenvalue weighted by atomic mass is 9.96. The Balaban J connectivity index is 2.27. The van der Waals surface area contributed by atoms with E-state index in [1.807, 2.05) is 12.1 Å². The van der Waals surface area contributed by atoms with Crippen molar-refractivity contribution in [3.8, 4) is 0 Å². The van der Waals surface area contributed by atoms with Gasteiger partial charge in [0.2, 0.25) is 5.91 Å². The highest BCUT2D eigenvalue weighted by Gasteiger charge is 2.21. The Kier molecular flexibility index (Phi) is 2.15. The summed E-state index contributed by atoms with van der Waals surface area (Å²) in [6.07, 6.45) is 1.73. The molecule has 1 aliphatic heterocycles. The predicted octanol–water partition coefficient (Wildman–Crippen LogP) is 1.21. The molecule has 1 aromatic rings. The van der Waals surface area contributed by atoms with E-state index in [1.54, 1.807) is 0 Å². The van der Waals surface area contributed by atoms with Crippen LogP contribution in [0.4, 0.5) is 5.69 Å². The normalized spacial score (nSPS) is 19.6. The van der Waals surface area contributed by atoms with E-state index in [-0.39, 0.29) is 11.9 Å². The lowest BCUT2D eigenvalue weighted by Gasteiger charge is -2.24. The first-order valence-corrected chi connectivity index (χ1v) is 4.82. The molecule has 0 saturated heterocycles. The first kappa shape index (κ1) is 9.06. The van der Waals surface area contributed by atoms with E-state index in [0.29, 0.717) is 0 Å². The lowest BCUT2D eigenvalue weighted by Crippen LogP contribution is -2.38. The van der Waals surface area contributed by atoms with Gasteiger partial charge >= 0.3 is 0 Å². The zero-order valence-corrected chi connectivity index (χ0v) is 8.21. The van der Waals surface area contributed by atoms with E-state index in [9.17, 15) is 4.79 Å². The van der Waals surface area contributed by atoms with Gasteiger partial charge in [0, 0.05) is 5.69 Å². The maximum Gasteiger partial charge on any atom is 0.239 e. The summed E-state index contributed by atoms with van der Waals surface area (Å²) in [5.41, 5.74) is 8.83. The Hall–Kier alpha value is -1.51. The van der Waals surface area contributed by atoms with Gasteiger partial charge in [0.1, 0.15) is 6.04 Å². The first-order valence-electron chi connectivity index (χ1n) is 4.82. The molecule has 1 unspecified atom stereocenters. The highest BCUT2D eigenvalue weighted by Crippen LogP contribution is 2.25. The van der Waals surface area contributed by atoms with E-state index < -0.39 is 0 Å². The largest absolute Gasteiger partial charge is 0.373 e. The number of anilines is 1. The molecule has 1 aromatic carbocycles. The Morgan fingerprint density at radius 3 is 3.07 bits per heavy atom. The Bertz CT molecular complexity index is 374. The SMILES string of the molecule is Cc1ccc2c(c1)CCC(C(N)=O)N2. The Morgan fingerprint density at radius 2 is 2.36 bits per heavy atom. The molecule has 0 aromatic heterocycles. The second kappa shape index (κ2) is 3.33. The summed E-state index contributed by atoms with van der Waals surface area (Å²) in [7, 11) is 0. The molecule has 1 heterocycles. The molecular formula is C11H14N2O. The minimum absolute atomic E-state index is 0.204. The summed E-state index contributed by atoms with van der Waals surface area (Å²) < 4.78 is 0. The molecule has 2 rings (SSSR count). The molecule has 3 heteroatoms. The van der Waals surface area contributed by atoms with Gasteiger partial charge in [-0.15, -0.1) is 0 Å². The van der Waals surface area contributed by atoms with Crippen LogP contribution in [-0.4, -0.2) is 11.9 Å². The van der Waals surface area contributed by atoms with Crippen LogP contribution in [0.25, 0.3) is 0 Å². The molecule has 0 aliphatic carbocycles. The quantitative estimate of drug-likeness (QED) is 0.699. The van der Waals surface area contributed by atoms with Crippen molar-refractivity contribution in [3.05, 3.63) is 29.3 Å². The van der Waals surface area contributed by atoms with Crippen molar-refractivity contribution in [1.82, 2.24) is 0 Å². The molecule has 1 atom stereocenters. The number of carbonyl (C=O) groups is 1. The van der Waals surface area contributed by atoms with Crippen LogP contribution in [0, 0.1) is 6.92 Å². The third kappa shape index (κ3) is 1.58. The molecule has 1 aliphatic rings. The molecular weight excluding hydrogens is 176 g/mol. The fraction of sp³-hybridized carbons (Fsp3) is 0.364. The Labute approximate surface area is 83.3 Å². The molecule has 1 amide bonds. The Morgan fingerprint density at radius 1 is 1.57 bits per heavy atom. The van der Waals surface area contributed by atoms with E-state index in [0.717, 1.165) is 18.5 Å². The summed E-state index contributed by atoms with van der Waals surface area (Å²) in [4.78, 5) is 11.0. The van der Waals surface area contributed by atoms with Crippen LogP contribution in [-0.2, 0) is 11.2 Å². The second-order valence-corrected chi connectivity index (χ2v) is 3.80. The maximum atomic E-state index is 11.0. The molecule has 74 valence electrons. The number of carbonyl (C=O) groups excluding carboxylic acids is 1. The topological polar surface area (TPSA) is 55.1 Å². The van der Waals surface area contributed by atoms with Gasteiger partial charge in [0.25, 0.3) is 0 Å². The number of hydrogen-bond acceptors (Lipinski definition) is 2. The van der Waals surface area contributed by atoms with Crippen molar-refractivity contribution < 1.29 is 4.79 Å². The second-order valence-electron chi connectivity index (χ2n) is 3.80. The van der Waals surface area contributed by atoms with Crippen LogP contribution in [0.15, 0.2) is 18.2 Å². The van der Waals surface area contributed by atoms with E-state index in [1.165, 1.54) is 11.1 Å². The fourth-order valence-electron chi connectivity index (χ4n) is 1.84. The lowest BCUT2D eigenvalue weighted by molar-refractivity contribution is -0.118. The van der Waals surface area contributed by atoms with Crippen molar-refractivity contribution >= 4 is 11.6 Å². The van der Waals surface area contributed by atoms with E-state index in [4.69, 9.17) is 5.73 Å². The van der Waals surface area contributed by atoms with Gasteiger partial charge in [-0.2, -0.15) is 0 Å². The smallest absolute Gasteiger partial charge is 0.239 e. The summed E-state index contributed by atoms with van der Waals surface area (Å²) in [5, 5.41) is 3.15. The van der Waals surface area contributed by atoms with Crippen molar-refractivity contribution in [1.29, 1.82) is 0 Å². The van der Waals surface area contributed by atoms with Crippen LogP contribution >= 0.6 is 0 Å². The maximum absolute atomic E-state index is 11.0. The van der Waals surface area contributed by atoms with Gasteiger partial charge in [-0.1, -0.05) is 17.7 Å². The molecule has 0 bridgehead atoms. The predicted molar refractivity (Wildman–Crippen MR) is 56.1 cm³/mol. The average molecular weight is 190 g/mol. The number of fused-ring (bicyclic) bond motifs is 1. The standard InChI is InChI=1S/C11H14N2O/c1-7-2-4-9-8(6-7)3-5-10(13-9)11(12)14/h2,4,6,10,13H,3,5H2,1H3,(H2,12,14). The molecule has 0 radical (unpaired) electrons. The number of primary amides is 1. The van der Waals surface area contributed by atoms with Gasteiger partial charge in [-0.25, -0.2) is 0 Å². The zero-order valence-electron chi connectivity index (χ0n) is 8.21. The zero-order chi connectivity index (χ0) is 10.1. The summed E-state index contributed by atoms with van der Waals surface area (Å²) in [5.74, 6) is -0.267. The highest BCUT2D eigenvalue weighted by molar-refractivity contribution is 5.84. The molecule has 0 spiro atoms. The molecule has 0 fully saturated rings. The van der Waals surface area contributed by atoms with Gasteiger partial charge in [-0.3, -0.25) is 4.79 Å². The number of rotatable bonds is 1. The first-order chi connectivity index (χ1) is 6.66. The number of nitrogens with one attached hydrogen (secondary N) is 1. The van der Waals surface area contributed by atoms with E-state index >= 15 is 0 Å². The van der Waals surface area contributed by atoms with Crippen LogP contribution < -0.4 is 11.1 Å². The van der Waals surface area contributed by atoms with Crippen molar-refractivity contribution in [3.63, 3.8) is 0 Å². The van der Waals surface area contributed by atoms with Gasteiger partial charge < -0.3 is 11.1 Å².